The van der Waals surface area contributed by atoms with E-state index in [2.05, 4.69) is 4.98 Å². The fraction of sp³-hybridized carbons (Fsp3) is 0.450. The standard InChI is InChI=1S/C20H22ClN3O9.3H2/c1-10-7-23(19(27)22-18(10)26)17-6-15(25)16(33-17)9-32-20(28)31-8-11(2)13-5-12(21)3-4-14(13)24(29)30;;;/h3-5,7,11,15-17,25H,6,8-9H2,1-2H3,(H,22,26,27);3*1H/i;2*1+2T;1+2. The molecule has 1 aromatic carbocycles. The molecule has 1 aliphatic heterocycles. The summed E-state index contributed by atoms with van der Waals surface area (Å²) >= 11 is 5.92. The first-order valence-corrected chi connectivity index (χ1v) is 10.3. The molecule has 0 amide bonds. The summed E-state index contributed by atoms with van der Waals surface area (Å²) in [4.78, 5) is 48.3. The summed E-state index contributed by atoms with van der Waals surface area (Å²) in [5.74, 6) is -0.537. The summed E-state index contributed by atoms with van der Waals surface area (Å²) in [5.41, 5.74) is -0.753. The average molecular weight is 500 g/mol. The van der Waals surface area contributed by atoms with E-state index in [4.69, 9.17) is 31.8 Å². The maximum absolute atomic E-state index is 12.0. The predicted octanol–water partition coefficient (Wildman–Crippen LogP) is 2.75. The van der Waals surface area contributed by atoms with Gasteiger partial charge in [-0.15, -0.1) is 0 Å². The number of nitro benzene ring substituents is 1. The van der Waals surface area contributed by atoms with Crippen LogP contribution in [-0.2, 0) is 14.2 Å². The topological polar surface area (TPSA) is 163 Å². The van der Waals surface area contributed by atoms with Gasteiger partial charge in [-0.2, -0.15) is 0 Å². The fourth-order valence-corrected chi connectivity index (χ4v) is 3.58. The molecule has 184 valence electrons. The van der Waals surface area contributed by atoms with Gasteiger partial charge in [-0.05, 0) is 19.1 Å². The van der Waals surface area contributed by atoms with Gasteiger partial charge in [0.05, 0.1) is 11.0 Å². The van der Waals surface area contributed by atoms with Crippen molar-refractivity contribution in [3.63, 3.8) is 0 Å². The zero-order chi connectivity index (χ0) is 28.3. The number of ether oxygens (including phenoxy) is 3. The van der Waals surface area contributed by atoms with Crippen LogP contribution in [-0.4, -0.2) is 51.2 Å². The van der Waals surface area contributed by atoms with Gasteiger partial charge in [-0.1, -0.05) is 18.5 Å². The number of rotatable bonds is 7. The predicted molar refractivity (Wildman–Crippen MR) is 121 cm³/mol. The van der Waals surface area contributed by atoms with Gasteiger partial charge in [-0.3, -0.25) is 24.5 Å². The van der Waals surface area contributed by atoms with Gasteiger partial charge in [0, 0.05) is 48.1 Å². The molecule has 4 atom stereocenters. The van der Waals surface area contributed by atoms with E-state index in [9.17, 15) is 29.6 Å². The third-order valence-electron chi connectivity index (χ3n) is 5.19. The third-order valence-corrected chi connectivity index (χ3v) is 5.43. The van der Waals surface area contributed by atoms with Crippen LogP contribution < -0.4 is 11.2 Å². The van der Waals surface area contributed by atoms with Crippen LogP contribution in [0.3, 0.4) is 0 Å². The molecule has 1 fully saturated rings. The molecule has 1 saturated heterocycles. The molecule has 0 aliphatic carbocycles. The number of aryl methyl sites for hydroxylation is 1. The van der Waals surface area contributed by atoms with Crippen LogP contribution in [0.1, 0.15) is 44.0 Å². The number of carbonyl (C=O) groups is 1. The highest BCUT2D eigenvalue weighted by atomic mass is 35.5. The second-order valence-electron chi connectivity index (χ2n) is 7.64. The maximum Gasteiger partial charge on any atom is 0.508 e. The number of hydrogen-bond donors (Lipinski definition) is 2. The normalized spacial score (nSPS) is 21.4. The molecule has 4 unspecified atom stereocenters. The summed E-state index contributed by atoms with van der Waals surface area (Å²) < 4.78 is 36.8. The maximum atomic E-state index is 12.0. The van der Waals surface area contributed by atoms with Crippen LogP contribution in [0.2, 0.25) is 5.02 Å². The van der Waals surface area contributed by atoms with Gasteiger partial charge >= 0.3 is 11.8 Å². The average Bonchev–Trinajstić information content (AvgIpc) is 3.25. The Morgan fingerprint density at radius 2 is 2.21 bits per heavy atom. The van der Waals surface area contributed by atoms with Crippen molar-refractivity contribution in [3.05, 3.63) is 71.5 Å². The third kappa shape index (κ3) is 5.78. The lowest BCUT2D eigenvalue weighted by Gasteiger charge is -2.17. The number of aromatic nitrogens is 2. The molecule has 2 heterocycles. The highest BCUT2D eigenvalue weighted by Crippen LogP contribution is 2.30. The molecule has 0 bridgehead atoms. The van der Waals surface area contributed by atoms with Crippen LogP contribution in [0.25, 0.3) is 0 Å². The van der Waals surface area contributed by atoms with Crippen LogP contribution >= 0.6 is 11.6 Å². The van der Waals surface area contributed by atoms with Gasteiger partial charge in [-0.25, -0.2) is 9.59 Å². The summed E-state index contributed by atoms with van der Waals surface area (Å²) in [7, 11) is 0. The summed E-state index contributed by atoms with van der Waals surface area (Å²) in [5, 5.41) is 21.7. The smallest absolute Gasteiger partial charge is 0.434 e. The van der Waals surface area contributed by atoms with Crippen LogP contribution in [0.5, 0.6) is 0 Å². The minimum absolute atomic E-state index is 0. The Balaban J connectivity index is 0.00000261. The van der Waals surface area contributed by atoms with Crippen molar-refractivity contribution >= 4 is 23.4 Å². The van der Waals surface area contributed by atoms with Crippen molar-refractivity contribution in [1.29, 1.82) is 0 Å². The van der Waals surface area contributed by atoms with Crippen LogP contribution in [0, 0.1) is 17.0 Å². The molecule has 0 saturated carbocycles. The first kappa shape index (κ1) is 21.6. The highest BCUT2D eigenvalue weighted by Gasteiger charge is 2.36. The highest BCUT2D eigenvalue weighted by molar-refractivity contribution is 6.30. The van der Waals surface area contributed by atoms with E-state index in [0.717, 1.165) is 4.57 Å². The van der Waals surface area contributed by atoms with E-state index in [1.807, 2.05) is 0 Å². The number of aliphatic hydroxyl groups is 1. The molecule has 13 heteroatoms. The molecular formula is C20H28ClN3O9. The van der Waals surface area contributed by atoms with E-state index in [1.54, 1.807) is 6.92 Å². The number of hydrogen-bond acceptors (Lipinski definition) is 9. The molecule has 2 N–H and O–H groups in total. The number of nitrogens with one attached hydrogen (secondary N) is 1. The minimum Gasteiger partial charge on any atom is -0.434 e. The quantitative estimate of drug-likeness (QED) is 0.331. The van der Waals surface area contributed by atoms with E-state index in [0.29, 0.717) is 16.1 Å². The summed E-state index contributed by atoms with van der Waals surface area (Å²) in [6.07, 6.45) is -2.49. The molecular weight excluding hydrogens is 462 g/mol. The van der Waals surface area contributed by atoms with Crippen molar-refractivity contribution in [2.24, 2.45) is 0 Å². The number of H-pyrrole nitrogens is 1. The van der Waals surface area contributed by atoms with Crippen LogP contribution in [0.15, 0.2) is 34.0 Å². The molecule has 1 aliphatic rings. The van der Waals surface area contributed by atoms with E-state index < -0.39 is 46.7 Å². The second-order valence-corrected chi connectivity index (χ2v) is 8.08. The summed E-state index contributed by atoms with van der Waals surface area (Å²) in [6, 6.07) is 4.10. The molecule has 1 aromatic heterocycles. The summed E-state index contributed by atoms with van der Waals surface area (Å²) in [6.45, 7) is 2.60. The number of nitrogens with zero attached hydrogens (tertiary/aromatic N) is 2. The zero-order valence-electron chi connectivity index (χ0n) is 21.7. The number of benzene rings is 1. The second kappa shape index (κ2) is 10.1. The number of aliphatic hydroxyl groups excluding tert-OH is 1. The van der Waals surface area contributed by atoms with Gasteiger partial charge in [0.25, 0.3) is 11.2 Å². The molecule has 2 aromatic rings. The lowest BCUT2D eigenvalue weighted by atomic mass is 10.0. The minimum atomic E-state index is -1.05. The molecule has 0 spiro atoms. The lowest BCUT2D eigenvalue weighted by Crippen LogP contribution is -2.33. The van der Waals surface area contributed by atoms with Gasteiger partial charge in [0.1, 0.15) is 25.5 Å². The number of carbonyl (C=O) groups excluding carboxylic acids is 1. The van der Waals surface area contributed by atoms with Crippen molar-refractivity contribution in [3.8, 4) is 0 Å². The van der Waals surface area contributed by atoms with Gasteiger partial charge in [0.15, 0.2) is 0 Å². The Kier molecular flexibility index (Phi) is 6.65. The Hall–Kier alpha value is -3.22. The lowest BCUT2D eigenvalue weighted by molar-refractivity contribution is -0.385. The molecule has 12 nitrogen and oxygen atoms in total. The van der Waals surface area contributed by atoms with E-state index in [-0.39, 0.29) is 26.7 Å². The first-order chi connectivity index (χ1) is 17.6. The van der Waals surface area contributed by atoms with Crippen molar-refractivity contribution < 1.29 is 36.4 Å². The SMILES string of the molecule is Cc1cn(C2CC(O)C(COC(=O)OCC(C)c3cc(Cl)ccc3[N+](=O)[O-])O2)c(=O)[nH]c1=O.[3HH].[3H][3H].[3H][3H]. The number of nitro groups is 1. The Bertz CT molecular complexity index is 1180. The zero-order valence-corrected chi connectivity index (χ0v) is 18.5. The fourth-order valence-electron chi connectivity index (χ4n) is 3.40. The monoisotopic (exact) mass is 499 g/mol. The van der Waals surface area contributed by atoms with Crippen LogP contribution in [0.4, 0.5) is 10.5 Å². The first-order valence-electron chi connectivity index (χ1n) is 12.0. The molecule has 33 heavy (non-hydrogen) atoms. The van der Waals surface area contributed by atoms with Gasteiger partial charge < -0.3 is 19.3 Å². The van der Waals surface area contributed by atoms with E-state index >= 15 is 0 Å². The van der Waals surface area contributed by atoms with Crippen molar-refractivity contribution in [2.45, 2.75) is 44.6 Å². The Morgan fingerprint density at radius 3 is 2.91 bits per heavy atom. The Labute approximate surface area is 199 Å². The largest absolute Gasteiger partial charge is 0.508 e. The Morgan fingerprint density at radius 1 is 1.48 bits per heavy atom. The van der Waals surface area contributed by atoms with E-state index in [1.165, 1.54) is 31.3 Å². The number of halogens is 1. The molecule has 0 radical (unpaired) electrons. The van der Waals surface area contributed by atoms with Gasteiger partial charge in [0.2, 0.25) is 0 Å². The van der Waals surface area contributed by atoms with Crippen molar-refractivity contribution in [1.82, 2.24) is 9.55 Å². The molecule has 3 rings (SSSR count). The van der Waals surface area contributed by atoms with Crippen molar-refractivity contribution in [2.75, 3.05) is 13.2 Å². The number of aromatic amines is 1.